The van der Waals surface area contributed by atoms with Gasteiger partial charge in [-0.1, -0.05) is 12.1 Å². The van der Waals surface area contributed by atoms with Crippen LogP contribution in [0.2, 0.25) is 0 Å². The zero-order valence-corrected chi connectivity index (χ0v) is 12.8. The molecule has 1 aromatic rings. The summed E-state index contributed by atoms with van der Waals surface area (Å²) >= 11 is 0. The highest BCUT2D eigenvalue weighted by Gasteiger charge is 2.19. The number of carbonyl (C=O) groups is 3. The van der Waals surface area contributed by atoms with Gasteiger partial charge >= 0.3 is 12.0 Å². The Morgan fingerprint density at radius 1 is 1.18 bits per heavy atom. The van der Waals surface area contributed by atoms with E-state index in [2.05, 4.69) is 5.32 Å². The molecule has 0 saturated carbocycles. The first-order valence-electron chi connectivity index (χ1n) is 6.81. The Balaban J connectivity index is 2.38. The smallest absolute Gasteiger partial charge is 0.321 e. The summed E-state index contributed by atoms with van der Waals surface area (Å²) < 4.78 is 10.0. The highest BCUT2D eigenvalue weighted by Crippen LogP contribution is 2.13. The summed E-state index contributed by atoms with van der Waals surface area (Å²) in [6.07, 6.45) is -0.392. The van der Waals surface area contributed by atoms with Gasteiger partial charge in [0.2, 0.25) is 0 Å². The summed E-state index contributed by atoms with van der Waals surface area (Å²) in [6, 6.07) is 6.67. The van der Waals surface area contributed by atoms with Crippen molar-refractivity contribution < 1.29 is 23.9 Å². The third kappa shape index (κ3) is 5.82. The van der Waals surface area contributed by atoms with Crippen LogP contribution in [0.3, 0.4) is 0 Å². The number of methoxy groups -OCH3 is 1. The number of urea groups is 1. The maximum atomic E-state index is 11.7. The first-order chi connectivity index (χ1) is 10.5. The van der Waals surface area contributed by atoms with Gasteiger partial charge in [-0.2, -0.15) is 0 Å². The van der Waals surface area contributed by atoms with Crippen molar-refractivity contribution in [2.45, 2.75) is 25.9 Å². The third-order valence-corrected chi connectivity index (χ3v) is 2.92. The van der Waals surface area contributed by atoms with Crippen LogP contribution in [0.5, 0.6) is 5.75 Å². The van der Waals surface area contributed by atoms with E-state index in [0.717, 1.165) is 11.3 Å². The molecule has 0 bridgehead atoms. The second kappa shape index (κ2) is 8.66. The first kappa shape index (κ1) is 17.5. The molecular formula is C15H20N2O5. The molecule has 7 nitrogen and oxygen atoms in total. The summed E-state index contributed by atoms with van der Waals surface area (Å²) in [5.41, 5.74) is 0.959. The van der Waals surface area contributed by atoms with E-state index in [0.29, 0.717) is 6.42 Å². The van der Waals surface area contributed by atoms with Crippen LogP contribution >= 0.6 is 0 Å². The summed E-state index contributed by atoms with van der Waals surface area (Å²) in [5.74, 6) is -0.432. The van der Waals surface area contributed by atoms with E-state index in [4.69, 9.17) is 9.47 Å². The molecule has 0 heterocycles. The second-order valence-corrected chi connectivity index (χ2v) is 4.55. The summed E-state index contributed by atoms with van der Waals surface area (Å²) in [5, 5.41) is 4.28. The van der Waals surface area contributed by atoms with E-state index in [1.165, 1.54) is 14.0 Å². The molecule has 1 aromatic carbocycles. The number of nitrogens with one attached hydrogen (secondary N) is 2. The number of imide groups is 1. The molecule has 1 rings (SSSR count). The lowest BCUT2D eigenvalue weighted by Gasteiger charge is -2.12. The first-order valence-corrected chi connectivity index (χ1v) is 6.81. The monoisotopic (exact) mass is 308 g/mol. The quantitative estimate of drug-likeness (QED) is 0.765. The maximum Gasteiger partial charge on any atom is 0.321 e. The molecule has 0 aromatic heterocycles. The third-order valence-electron chi connectivity index (χ3n) is 2.92. The lowest BCUT2D eigenvalue weighted by molar-refractivity contribution is -0.154. The molecule has 2 N–H and O–H groups in total. The van der Waals surface area contributed by atoms with Gasteiger partial charge in [-0.3, -0.25) is 14.9 Å². The summed E-state index contributed by atoms with van der Waals surface area (Å²) in [6.45, 7) is 1.41. The predicted octanol–water partition coefficient (Wildman–Crippen LogP) is 1.02. The summed E-state index contributed by atoms with van der Waals surface area (Å²) in [7, 11) is 2.96. The van der Waals surface area contributed by atoms with Crippen LogP contribution in [0, 0.1) is 0 Å². The molecule has 7 heteroatoms. The Morgan fingerprint density at radius 3 is 2.36 bits per heavy atom. The van der Waals surface area contributed by atoms with E-state index >= 15 is 0 Å². The van der Waals surface area contributed by atoms with Crippen molar-refractivity contribution in [1.29, 1.82) is 0 Å². The van der Waals surface area contributed by atoms with E-state index in [1.807, 2.05) is 17.4 Å². The number of carbonyl (C=O) groups excluding carboxylic acids is 3. The van der Waals surface area contributed by atoms with E-state index in [9.17, 15) is 14.4 Å². The fourth-order valence-electron chi connectivity index (χ4n) is 1.62. The Bertz CT molecular complexity index is 527. The molecule has 0 spiro atoms. The van der Waals surface area contributed by atoms with Crippen LogP contribution in [-0.4, -0.2) is 38.2 Å². The number of aryl methyl sites for hydroxylation is 1. The number of amides is 3. The lowest BCUT2D eigenvalue weighted by atomic mass is 10.1. The number of hydrogen-bond donors (Lipinski definition) is 2. The minimum atomic E-state index is -1.03. The molecule has 0 radical (unpaired) electrons. The van der Waals surface area contributed by atoms with Gasteiger partial charge in [0.05, 0.1) is 7.11 Å². The van der Waals surface area contributed by atoms with Crippen molar-refractivity contribution in [1.82, 2.24) is 10.6 Å². The second-order valence-electron chi connectivity index (χ2n) is 4.55. The Hall–Kier alpha value is -2.57. The zero-order chi connectivity index (χ0) is 16.5. The number of hydrogen-bond acceptors (Lipinski definition) is 5. The molecular weight excluding hydrogens is 288 g/mol. The lowest BCUT2D eigenvalue weighted by Crippen LogP contribution is -2.43. The van der Waals surface area contributed by atoms with Crippen LogP contribution in [0.15, 0.2) is 24.3 Å². The standard InChI is InChI=1S/C15H20N2O5/c1-10(14(19)17-15(20)16-2)22-13(18)9-6-11-4-7-12(21-3)8-5-11/h4-5,7-8,10H,6,9H2,1-3H3,(H2,16,17,19,20). The van der Waals surface area contributed by atoms with Crippen LogP contribution in [0.4, 0.5) is 4.79 Å². The molecule has 3 amide bonds. The highest BCUT2D eigenvalue weighted by atomic mass is 16.5. The SMILES string of the molecule is CNC(=O)NC(=O)C(C)OC(=O)CCc1ccc(OC)cc1. The van der Waals surface area contributed by atoms with Gasteiger partial charge in [-0.15, -0.1) is 0 Å². The van der Waals surface area contributed by atoms with Crippen molar-refractivity contribution in [2.24, 2.45) is 0 Å². The van der Waals surface area contributed by atoms with Gasteiger partial charge in [0.15, 0.2) is 6.10 Å². The Labute approximate surface area is 129 Å². The summed E-state index contributed by atoms with van der Waals surface area (Å²) in [4.78, 5) is 34.2. The maximum absolute atomic E-state index is 11.7. The van der Waals surface area contributed by atoms with Crippen molar-refractivity contribution in [3.05, 3.63) is 29.8 Å². The van der Waals surface area contributed by atoms with E-state index in [1.54, 1.807) is 19.2 Å². The van der Waals surface area contributed by atoms with Gasteiger partial charge < -0.3 is 14.8 Å². The minimum absolute atomic E-state index is 0.143. The molecule has 0 aliphatic heterocycles. The molecule has 0 aliphatic rings. The van der Waals surface area contributed by atoms with Crippen LogP contribution < -0.4 is 15.4 Å². The number of rotatable bonds is 6. The van der Waals surface area contributed by atoms with Crippen LogP contribution in [0.1, 0.15) is 18.9 Å². The van der Waals surface area contributed by atoms with Gasteiger partial charge in [-0.25, -0.2) is 4.79 Å². The number of esters is 1. The average Bonchev–Trinajstić information content (AvgIpc) is 2.53. The topological polar surface area (TPSA) is 93.7 Å². The Morgan fingerprint density at radius 2 is 1.82 bits per heavy atom. The van der Waals surface area contributed by atoms with Crippen molar-refractivity contribution in [3.8, 4) is 5.75 Å². The zero-order valence-electron chi connectivity index (χ0n) is 12.8. The molecule has 22 heavy (non-hydrogen) atoms. The van der Waals surface area contributed by atoms with E-state index in [-0.39, 0.29) is 6.42 Å². The van der Waals surface area contributed by atoms with Crippen molar-refractivity contribution in [3.63, 3.8) is 0 Å². The Kier molecular flexibility index (Phi) is 6.88. The largest absolute Gasteiger partial charge is 0.497 e. The van der Waals surface area contributed by atoms with Gasteiger partial charge in [-0.05, 0) is 31.0 Å². The fourth-order valence-corrected chi connectivity index (χ4v) is 1.62. The van der Waals surface area contributed by atoms with Crippen molar-refractivity contribution in [2.75, 3.05) is 14.2 Å². The van der Waals surface area contributed by atoms with Crippen molar-refractivity contribution >= 4 is 17.9 Å². The molecule has 1 unspecified atom stereocenters. The van der Waals surface area contributed by atoms with Gasteiger partial charge in [0.1, 0.15) is 5.75 Å². The predicted molar refractivity (Wildman–Crippen MR) is 79.5 cm³/mol. The van der Waals surface area contributed by atoms with Crippen LogP contribution in [0.25, 0.3) is 0 Å². The van der Waals surface area contributed by atoms with Gasteiger partial charge in [0.25, 0.3) is 5.91 Å². The van der Waals surface area contributed by atoms with E-state index < -0.39 is 24.0 Å². The normalized spacial score (nSPS) is 11.2. The average molecular weight is 308 g/mol. The number of benzene rings is 1. The fraction of sp³-hybridized carbons (Fsp3) is 0.400. The van der Waals surface area contributed by atoms with Crippen LogP contribution in [-0.2, 0) is 20.7 Å². The highest BCUT2D eigenvalue weighted by molar-refractivity contribution is 5.96. The molecule has 0 saturated heterocycles. The van der Waals surface area contributed by atoms with Gasteiger partial charge in [0, 0.05) is 13.5 Å². The molecule has 0 fully saturated rings. The minimum Gasteiger partial charge on any atom is -0.497 e. The number of ether oxygens (including phenoxy) is 2. The molecule has 1 atom stereocenters. The molecule has 0 aliphatic carbocycles. The molecule has 120 valence electrons.